The minimum absolute atomic E-state index is 0.208. The van der Waals surface area contributed by atoms with Gasteiger partial charge >= 0.3 is 0 Å². The van der Waals surface area contributed by atoms with Crippen molar-refractivity contribution >= 4 is 12.6 Å². The van der Waals surface area contributed by atoms with Gasteiger partial charge in [-0.05, 0) is 45.1 Å². The van der Waals surface area contributed by atoms with Crippen LogP contribution in [0.5, 0.6) is 0 Å². The van der Waals surface area contributed by atoms with Gasteiger partial charge in [-0.1, -0.05) is 13.0 Å². The van der Waals surface area contributed by atoms with E-state index in [1.165, 1.54) is 37.3 Å². The highest BCUT2D eigenvalue weighted by atomic mass is 32.1. The fourth-order valence-corrected chi connectivity index (χ4v) is 2.93. The van der Waals surface area contributed by atoms with Gasteiger partial charge in [0.05, 0.1) is 5.70 Å². The van der Waals surface area contributed by atoms with Crippen molar-refractivity contribution in [3.05, 3.63) is 34.7 Å². The topological polar surface area (TPSA) is 32.5 Å². The van der Waals surface area contributed by atoms with Crippen LogP contribution in [0.25, 0.3) is 0 Å². The smallest absolute Gasteiger partial charge is 0.0555 e. The van der Waals surface area contributed by atoms with Gasteiger partial charge in [0.1, 0.15) is 0 Å². The Morgan fingerprint density at radius 2 is 1.86 bits per heavy atom. The molecule has 0 saturated carbocycles. The van der Waals surface area contributed by atoms with Crippen LogP contribution in [0.2, 0.25) is 0 Å². The van der Waals surface area contributed by atoms with Crippen LogP contribution in [-0.4, -0.2) is 36.0 Å². The van der Waals surface area contributed by atoms with E-state index in [0.29, 0.717) is 0 Å². The first-order valence-corrected chi connectivity index (χ1v) is 8.55. The third-order valence-electron chi connectivity index (χ3n) is 4.27. The van der Waals surface area contributed by atoms with E-state index in [2.05, 4.69) is 62.3 Å². The Morgan fingerprint density at radius 3 is 2.33 bits per heavy atom. The molecule has 0 aromatic rings. The molecule has 1 saturated heterocycles. The second-order valence-corrected chi connectivity index (χ2v) is 5.87. The first-order chi connectivity index (χ1) is 10.0. The van der Waals surface area contributed by atoms with Crippen LogP contribution >= 0.6 is 12.6 Å². The molecule has 1 aliphatic heterocycles. The van der Waals surface area contributed by atoms with Gasteiger partial charge in [-0.3, -0.25) is 0 Å². The quantitative estimate of drug-likeness (QED) is 0.557. The second kappa shape index (κ2) is 9.08. The van der Waals surface area contributed by atoms with Crippen molar-refractivity contribution in [3.8, 4) is 0 Å². The Morgan fingerprint density at radius 1 is 1.29 bits per heavy atom. The standard InChI is InChI=1S/C17H31N3S/c1-5-19(6-2)17(10-9-14(3)16(18)13-21)15(4)20-11-7-8-12-20/h9-10,13-14,21H,5-8,11-12,18H2,1-4H3/b10-9-,16-13-,17-15-. The largest absolute Gasteiger partial charge is 0.401 e. The Bertz CT molecular complexity index is 402. The molecule has 1 atom stereocenters. The maximum Gasteiger partial charge on any atom is 0.0555 e. The minimum atomic E-state index is 0.208. The third-order valence-corrected chi connectivity index (χ3v) is 4.57. The molecule has 0 spiro atoms. The fourth-order valence-electron chi connectivity index (χ4n) is 2.70. The maximum absolute atomic E-state index is 5.94. The van der Waals surface area contributed by atoms with Gasteiger partial charge in [0.25, 0.3) is 0 Å². The Labute approximate surface area is 136 Å². The molecule has 1 aliphatic rings. The van der Waals surface area contributed by atoms with E-state index in [1.54, 1.807) is 5.41 Å². The lowest BCUT2D eigenvalue weighted by Crippen LogP contribution is -2.27. The number of likely N-dealkylation sites (tertiary alicyclic amines) is 1. The number of nitrogens with two attached hydrogens (primary N) is 1. The Kier molecular flexibility index (Phi) is 7.79. The van der Waals surface area contributed by atoms with Crippen LogP contribution in [0.4, 0.5) is 0 Å². The Balaban J connectivity index is 3.02. The molecular weight excluding hydrogens is 278 g/mol. The summed E-state index contributed by atoms with van der Waals surface area (Å²) in [6.07, 6.45) is 7.02. The summed E-state index contributed by atoms with van der Waals surface area (Å²) in [5.74, 6) is 0.208. The van der Waals surface area contributed by atoms with E-state index in [1.807, 2.05) is 0 Å². The SMILES string of the molecule is CCN(CC)C(/C=C\C(C)/C(N)=C/S)=C(/C)N1CCCC1. The number of nitrogens with zero attached hydrogens (tertiary/aromatic N) is 2. The summed E-state index contributed by atoms with van der Waals surface area (Å²) >= 11 is 4.14. The number of likely N-dealkylation sites (N-methyl/N-ethyl adjacent to an activating group) is 1. The zero-order valence-corrected chi connectivity index (χ0v) is 14.9. The molecule has 120 valence electrons. The predicted octanol–water partition coefficient (Wildman–Crippen LogP) is 3.58. The van der Waals surface area contributed by atoms with Crippen LogP contribution in [0.1, 0.15) is 40.5 Å². The number of hydrogen-bond donors (Lipinski definition) is 2. The van der Waals surface area contributed by atoms with Gasteiger partial charge in [-0.15, -0.1) is 12.6 Å². The summed E-state index contributed by atoms with van der Waals surface area (Å²) in [7, 11) is 0. The monoisotopic (exact) mass is 309 g/mol. The van der Waals surface area contributed by atoms with E-state index < -0.39 is 0 Å². The highest BCUT2D eigenvalue weighted by Gasteiger charge is 2.16. The average molecular weight is 310 g/mol. The first-order valence-electron chi connectivity index (χ1n) is 8.03. The minimum Gasteiger partial charge on any atom is -0.401 e. The fraction of sp³-hybridized carbons (Fsp3) is 0.647. The lowest BCUT2D eigenvalue weighted by molar-refractivity contribution is 0.353. The summed E-state index contributed by atoms with van der Waals surface area (Å²) in [5, 5.41) is 1.68. The van der Waals surface area contributed by atoms with E-state index in [9.17, 15) is 0 Å². The van der Waals surface area contributed by atoms with Gasteiger partial charge in [-0.2, -0.15) is 0 Å². The van der Waals surface area contributed by atoms with Crippen LogP contribution in [-0.2, 0) is 0 Å². The van der Waals surface area contributed by atoms with Crippen LogP contribution in [0.3, 0.4) is 0 Å². The van der Waals surface area contributed by atoms with Crippen molar-refractivity contribution in [1.29, 1.82) is 0 Å². The Hall–Kier alpha value is -1.03. The van der Waals surface area contributed by atoms with Gasteiger partial charge in [0.15, 0.2) is 0 Å². The van der Waals surface area contributed by atoms with Crippen molar-refractivity contribution in [2.24, 2.45) is 11.7 Å². The second-order valence-electron chi connectivity index (χ2n) is 5.61. The van der Waals surface area contributed by atoms with Crippen molar-refractivity contribution in [3.63, 3.8) is 0 Å². The molecule has 0 amide bonds. The van der Waals surface area contributed by atoms with Crippen molar-refractivity contribution < 1.29 is 0 Å². The number of allylic oxidation sites excluding steroid dienone is 3. The maximum atomic E-state index is 5.94. The molecule has 3 nitrogen and oxygen atoms in total. The zero-order chi connectivity index (χ0) is 15.8. The highest BCUT2D eigenvalue weighted by molar-refractivity contribution is 7.83. The summed E-state index contributed by atoms with van der Waals surface area (Å²) in [4.78, 5) is 4.91. The highest BCUT2D eigenvalue weighted by Crippen LogP contribution is 2.21. The summed E-state index contributed by atoms with van der Waals surface area (Å²) < 4.78 is 0. The molecule has 1 unspecified atom stereocenters. The predicted molar refractivity (Wildman–Crippen MR) is 96.0 cm³/mol. The average Bonchev–Trinajstić information content (AvgIpc) is 3.03. The summed E-state index contributed by atoms with van der Waals surface area (Å²) in [6.45, 7) is 13.2. The molecule has 0 radical (unpaired) electrons. The van der Waals surface area contributed by atoms with E-state index in [0.717, 1.165) is 18.8 Å². The van der Waals surface area contributed by atoms with Gasteiger partial charge < -0.3 is 15.5 Å². The van der Waals surface area contributed by atoms with E-state index in [-0.39, 0.29) is 5.92 Å². The van der Waals surface area contributed by atoms with E-state index in [4.69, 9.17) is 5.73 Å². The number of rotatable bonds is 7. The molecule has 0 aromatic carbocycles. The van der Waals surface area contributed by atoms with Crippen molar-refractivity contribution in [2.75, 3.05) is 26.2 Å². The first kappa shape index (κ1) is 18.0. The third kappa shape index (κ3) is 5.03. The van der Waals surface area contributed by atoms with Gasteiger partial charge in [0, 0.05) is 43.5 Å². The summed E-state index contributed by atoms with van der Waals surface area (Å²) in [5.41, 5.74) is 9.44. The van der Waals surface area contributed by atoms with Gasteiger partial charge in [-0.25, -0.2) is 0 Å². The summed E-state index contributed by atoms with van der Waals surface area (Å²) in [6, 6.07) is 0. The number of thiol groups is 1. The molecule has 1 rings (SSSR count). The normalized spacial score (nSPS) is 19.1. The molecule has 2 N–H and O–H groups in total. The molecule has 21 heavy (non-hydrogen) atoms. The number of hydrogen-bond acceptors (Lipinski definition) is 4. The van der Waals surface area contributed by atoms with Crippen LogP contribution in [0.15, 0.2) is 34.7 Å². The lowest BCUT2D eigenvalue weighted by atomic mass is 10.1. The lowest BCUT2D eigenvalue weighted by Gasteiger charge is -2.29. The van der Waals surface area contributed by atoms with Crippen LogP contribution < -0.4 is 5.73 Å². The molecule has 0 aromatic heterocycles. The molecule has 0 aliphatic carbocycles. The van der Waals surface area contributed by atoms with Crippen molar-refractivity contribution in [1.82, 2.24) is 9.80 Å². The van der Waals surface area contributed by atoms with E-state index >= 15 is 0 Å². The van der Waals surface area contributed by atoms with Crippen molar-refractivity contribution in [2.45, 2.75) is 40.5 Å². The van der Waals surface area contributed by atoms with Crippen LogP contribution in [0, 0.1) is 5.92 Å². The molecule has 1 fully saturated rings. The zero-order valence-electron chi connectivity index (χ0n) is 14.0. The van der Waals surface area contributed by atoms with Gasteiger partial charge in [0.2, 0.25) is 0 Å². The molecule has 1 heterocycles. The molecule has 4 heteroatoms. The molecular formula is C17H31N3S. The molecule has 0 bridgehead atoms.